The molecule has 2 N–H and O–H groups in total. The van der Waals surface area contributed by atoms with Crippen LogP contribution in [-0.2, 0) is 30.9 Å². The van der Waals surface area contributed by atoms with Gasteiger partial charge in [0, 0.05) is 6.54 Å². The topological polar surface area (TPSA) is 111 Å². The highest BCUT2D eigenvalue weighted by atomic mass is 32.2. The number of aromatic nitrogens is 3. The van der Waals surface area contributed by atoms with Gasteiger partial charge < -0.3 is 19.0 Å². The molecule has 0 saturated carbocycles. The van der Waals surface area contributed by atoms with Crippen molar-refractivity contribution in [3.63, 3.8) is 0 Å². The minimum atomic E-state index is -0.580. The molecule has 0 unspecified atom stereocenters. The number of amides is 3. The van der Waals surface area contributed by atoms with Crippen molar-refractivity contribution in [3.05, 3.63) is 59.8 Å². The van der Waals surface area contributed by atoms with Crippen LogP contribution in [0.4, 0.5) is 4.79 Å². The molecule has 3 rings (SSSR count). The summed E-state index contributed by atoms with van der Waals surface area (Å²) in [6.07, 6.45) is 2.49. The molecule has 2 aromatic heterocycles. The Balaban J connectivity index is 1.53. The minimum absolute atomic E-state index is 0.0315. The van der Waals surface area contributed by atoms with Crippen molar-refractivity contribution in [1.29, 1.82) is 0 Å². The highest BCUT2D eigenvalue weighted by molar-refractivity contribution is 7.99. The Hall–Kier alpha value is -3.27. The first kappa shape index (κ1) is 24.4. The Morgan fingerprint density at radius 3 is 2.64 bits per heavy atom. The van der Waals surface area contributed by atoms with E-state index in [9.17, 15) is 9.59 Å². The second kappa shape index (κ2) is 12.1. The summed E-state index contributed by atoms with van der Waals surface area (Å²) in [7, 11) is 0. The van der Waals surface area contributed by atoms with Crippen LogP contribution < -0.4 is 15.4 Å². The molecule has 3 aromatic rings. The smallest absolute Gasteiger partial charge is 0.321 e. The van der Waals surface area contributed by atoms with Gasteiger partial charge in [0.05, 0.1) is 18.6 Å². The number of benzene rings is 1. The molecular formula is C23H29N5O4S. The molecule has 33 heavy (non-hydrogen) atoms. The number of nitrogens with one attached hydrogen (secondary N) is 2. The normalized spacial score (nSPS) is 10.9. The fourth-order valence-corrected chi connectivity index (χ4v) is 3.73. The van der Waals surface area contributed by atoms with E-state index in [1.807, 2.05) is 28.8 Å². The molecule has 0 atom stereocenters. The van der Waals surface area contributed by atoms with Gasteiger partial charge in [-0.15, -0.1) is 10.2 Å². The molecule has 0 aliphatic rings. The second-order valence-electron chi connectivity index (χ2n) is 7.79. The van der Waals surface area contributed by atoms with E-state index in [2.05, 4.69) is 41.6 Å². The number of hydrogen-bond donors (Lipinski definition) is 2. The summed E-state index contributed by atoms with van der Waals surface area (Å²) in [6.45, 7) is 7.46. The van der Waals surface area contributed by atoms with Gasteiger partial charge in [0.2, 0.25) is 5.91 Å². The van der Waals surface area contributed by atoms with Gasteiger partial charge in [-0.3, -0.25) is 10.1 Å². The maximum Gasteiger partial charge on any atom is 0.321 e. The first-order chi connectivity index (χ1) is 15.9. The quantitative estimate of drug-likeness (QED) is 0.409. The molecule has 9 nitrogen and oxygen atoms in total. The Kier molecular flexibility index (Phi) is 8.94. The molecule has 0 fully saturated rings. The molecule has 10 heteroatoms. The molecule has 0 aliphatic carbocycles. The molecule has 2 heterocycles. The molecule has 0 spiro atoms. The van der Waals surface area contributed by atoms with Crippen LogP contribution >= 0.6 is 11.8 Å². The average Bonchev–Trinajstić information content (AvgIpc) is 3.45. The molecule has 176 valence electrons. The first-order valence-corrected chi connectivity index (χ1v) is 11.8. The van der Waals surface area contributed by atoms with E-state index in [1.54, 1.807) is 12.1 Å². The number of ether oxygens (including phenoxy) is 1. The summed E-state index contributed by atoms with van der Waals surface area (Å²) in [5.74, 6) is 2.01. The van der Waals surface area contributed by atoms with Gasteiger partial charge in [0.1, 0.15) is 18.1 Å². The highest BCUT2D eigenvalue weighted by Crippen LogP contribution is 2.20. The zero-order valence-corrected chi connectivity index (χ0v) is 19.9. The number of imide groups is 1. The van der Waals surface area contributed by atoms with Crippen LogP contribution in [0.3, 0.4) is 0 Å². The summed E-state index contributed by atoms with van der Waals surface area (Å²) in [5, 5.41) is 14.0. The van der Waals surface area contributed by atoms with Gasteiger partial charge in [-0.1, -0.05) is 44.7 Å². The summed E-state index contributed by atoms with van der Waals surface area (Å²) < 4.78 is 13.0. The van der Waals surface area contributed by atoms with Gasteiger partial charge >= 0.3 is 6.03 Å². The third-order valence-electron chi connectivity index (χ3n) is 4.63. The lowest BCUT2D eigenvalue weighted by molar-refractivity contribution is -0.117. The van der Waals surface area contributed by atoms with Crippen LogP contribution in [0.25, 0.3) is 0 Å². The summed E-state index contributed by atoms with van der Waals surface area (Å²) in [5.41, 5.74) is 1.25. The Bertz CT molecular complexity index is 1030. The second-order valence-corrected chi connectivity index (χ2v) is 8.73. The number of furan rings is 1. The third kappa shape index (κ3) is 7.67. The minimum Gasteiger partial charge on any atom is -0.486 e. The number of carbonyl (C=O) groups is 2. The summed E-state index contributed by atoms with van der Waals surface area (Å²) in [4.78, 5) is 24.1. The van der Waals surface area contributed by atoms with Crippen molar-refractivity contribution < 1.29 is 18.7 Å². The SMILES string of the molecule is CCc1ccc(OCc2nnc(SCC(=O)NC(=O)NCc3ccco3)n2CC(C)C)cc1. The van der Waals surface area contributed by atoms with Crippen LogP contribution in [0.2, 0.25) is 0 Å². The van der Waals surface area contributed by atoms with E-state index in [1.165, 1.54) is 23.6 Å². The summed E-state index contributed by atoms with van der Waals surface area (Å²) in [6, 6.07) is 10.9. The number of aryl methyl sites for hydroxylation is 1. The van der Waals surface area contributed by atoms with Crippen molar-refractivity contribution in [2.45, 2.75) is 52.0 Å². The molecular weight excluding hydrogens is 442 g/mol. The predicted octanol–water partition coefficient (Wildman–Crippen LogP) is 3.79. The van der Waals surface area contributed by atoms with Crippen LogP contribution in [0.5, 0.6) is 5.75 Å². The Labute approximate surface area is 197 Å². The van der Waals surface area contributed by atoms with E-state index >= 15 is 0 Å². The number of carbonyl (C=O) groups excluding carboxylic acids is 2. The van der Waals surface area contributed by atoms with Crippen molar-refractivity contribution in [2.75, 3.05) is 5.75 Å². The van der Waals surface area contributed by atoms with Crippen LogP contribution in [0.1, 0.15) is 37.9 Å². The fraction of sp³-hybridized carbons (Fsp3) is 0.391. The number of urea groups is 1. The van der Waals surface area contributed by atoms with Crippen LogP contribution in [0, 0.1) is 5.92 Å². The van der Waals surface area contributed by atoms with E-state index in [-0.39, 0.29) is 18.9 Å². The number of thioether (sulfide) groups is 1. The van der Waals surface area contributed by atoms with Crippen LogP contribution in [-0.4, -0.2) is 32.5 Å². The molecule has 0 saturated heterocycles. The molecule has 3 amide bonds. The van der Waals surface area contributed by atoms with E-state index in [0.29, 0.717) is 29.2 Å². The molecule has 0 bridgehead atoms. The zero-order valence-electron chi connectivity index (χ0n) is 19.0. The average molecular weight is 472 g/mol. The maximum absolute atomic E-state index is 12.2. The summed E-state index contributed by atoms with van der Waals surface area (Å²) >= 11 is 1.23. The lowest BCUT2D eigenvalue weighted by Crippen LogP contribution is -2.39. The maximum atomic E-state index is 12.2. The first-order valence-electron chi connectivity index (χ1n) is 10.8. The van der Waals surface area contributed by atoms with Crippen molar-refractivity contribution >= 4 is 23.7 Å². The number of rotatable bonds is 11. The zero-order chi connectivity index (χ0) is 23.6. The monoisotopic (exact) mass is 471 g/mol. The Morgan fingerprint density at radius 1 is 1.18 bits per heavy atom. The van der Waals surface area contributed by atoms with E-state index < -0.39 is 11.9 Å². The van der Waals surface area contributed by atoms with Gasteiger partial charge in [0.25, 0.3) is 0 Å². The van der Waals surface area contributed by atoms with Gasteiger partial charge in [-0.05, 0) is 42.2 Å². The van der Waals surface area contributed by atoms with Gasteiger partial charge in [-0.2, -0.15) is 0 Å². The molecule has 0 radical (unpaired) electrons. The van der Waals surface area contributed by atoms with E-state index in [4.69, 9.17) is 9.15 Å². The predicted molar refractivity (Wildman–Crippen MR) is 125 cm³/mol. The van der Waals surface area contributed by atoms with Crippen molar-refractivity contribution in [3.8, 4) is 5.75 Å². The lowest BCUT2D eigenvalue weighted by atomic mass is 10.2. The Morgan fingerprint density at radius 2 is 1.97 bits per heavy atom. The van der Waals surface area contributed by atoms with Gasteiger partial charge in [0.15, 0.2) is 11.0 Å². The van der Waals surface area contributed by atoms with E-state index in [0.717, 1.165) is 12.2 Å². The molecule has 1 aromatic carbocycles. The van der Waals surface area contributed by atoms with Crippen LogP contribution in [0.15, 0.2) is 52.2 Å². The number of hydrogen-bond acceptors (Lipinski definition) is 7. The van der Waals surface area contributed by atoms with Gasteiger partial charge in [-0.25, -0.2) is 4.79 Å². The largest absolute Gasteiger partial charge is 0.486 e. The fourth-order valence-electron chi connectivity index (χ4n) is 2.97. The third-order valence-corrected chi connectivity index (χ3v) is 5.60. The highest BCUT2D eigenvalue weighted by Gasteiger charge is 2.17. The number of nitrogens with zero attached hydrogens (tertiary/aromatic N) is 3. The molecule has 0 aliphatic heterocycles. The standard InChI is InChI=1S/C23H29N5O4S/c1-4-17-7-9-18(10-8-17)32-14-20-26-27-23(28(20)13-16(2)3)33-15-21(29)25-22(30)24-12-19-6-5-11-31-19/h5-11,16H,4,12-15H2,1-3H3,(H2,24,25,29,30). The lowest BCUT2D eigenvalue weighted by Gasteiger charge is -2.13. The van der Waals surface area contributed by atoms with Crippen molar-refractivity contribution in [1.82, 2.24) is 25.4 Å². The van der Waals surface area contributed by atoms with Crippen molar-refractivity contribution in [2.24, 2.45) is 5.92 Å².